The van der Waals surface area contributed by atoms with E-state index in [0.717, 1.165) is 12.1 Å². The Morgan fingerprint density at radius 1 is 0.426 bits per heavy atom. The number of anilines is 1. The number of carbonyl (C=O) groups is 1. The van der Waals surface area contributed by atoms with Crippen molar-refractivity contribution in [1.29, 1.82) is 0 Å². The van der Waals surface area contributed by atoms with Gasteiger partial charge in [0.25, 0.3) is 0 Å². The third-order valence-electron chi connectivity index (χ3n) is 9.53. The van der Waals surface area contributed by atoms with Crippen LogP contribution < -0.4 is 5.32 Å². The monoisotopic (exact) mass is 643 g/mol. The summed E-state index contributed by atoms with van der Waals surface area (Å²) in [7, 11) is 131. The van der Waals surface area contributed by atoms with Crippen LogP contribution in [0.2, 0.25) is 0 Å². The lowest BCUT2D eigenvalue weighted by Crippen LogP contribution is -2.92. The second kappa shape index (κ2) is 25.0. The van der Waals surface area contributed by atoms with Gasteiger partial charge >= 0.3 is 6.18 Å². The topological polar surface area (TPSA) is 29.1 Å². The zero-order valence-corrected chi connectivity index (χ0v) is 30.4. The molecule has 0 bridgehead atoms. The molecule has 0 atom stereocenters. The zero-order chi connectivity index (χ0) is 42.7. The van der Waals surface area contributed by atoms with E-state index in [9.17, 15) is 18.0 Å². The molecule has 0 aliphatic carbocycles. The van der Waals surface area contributed by atoms with Gasteiger partial charge in [-0.15, -0.1) is 0 Å². The van der Waals surface area contributed by atoms with Crippen molar-refractivity contribution in [1.82, 2.24) is 0 Å². The standard InChI is InChI=1S/C9H8F3NO.B40/c1-6(14)13-8-4-2-7(3-5-8)9(10,11)12;1-22(2)32(21)37(31(19)20)40(38(33(23(3)4)24(5)6)34(25(7)8)26(9)10)39(35(27(11)12)28(13)14)36(29(15)16)30(17)18/h2-5H,1H3,(H,13,14);. The van der Waals surface area contributed by atoms with Gasteiger partial charge < -0.3 is 5.32 Å². The number of halogens is 3. The number of nitrogens with one attached hydrogen (secondary N) is 1. The molecule has 1 aromatic carbocycles. The Labute approximate surface area is 359 Å². The first-order valence-corrected chi connectivity index (χ1v) is 16.8. The van der Waals surface area contributed by atoms with Crippen molar-refractivity contribution in [3.8, 4) is 0 Å². The summed E-state index contributed by atoms with van der Waals surface area (Å²) in [6.07, 6.45) is -26.0. The number of alkyl halides is 3. The molecule has 1 N–H and O–H groups in total. The van der Waals surface area contributed by atoms with Crippen molar-refractivity contribution in [2.24, 2.45) is 0 Å². The van der Waals surface area contributed by atoms with E-state index in [1.165, 1.54) is 19.1 Å². The molecule has 0 fully saturated rings. The second-order valence-electron chi connectivity index (χ2n) is 13.7. The smallest absolute Gasteiger partial charge is 0.326 e. The Morgan fingerprint density at radius 2 is 0.667 bits per heavy atom. The van der Waals surface area contributed by atoms with Gasteiger partial charge in [-0.25, -0.2) is 0 Å². The van der Waals surface area contributed by atoms with Crippen LogP contribution >= 0.6 is 0 Å². The zero-order valence-electron chi connectivity index (χ0n) is 30.4. The van der Waals surface area contributed by atoms with E-state index in [2.05, 4.69) is 5.32 Å². The number of benzene rings is 1. The summed E-state index contributed by atoms with van der Waals surface area (Å²) in [5.41, 5.74) is -0.378. The van der Waals surface area contributed by atoms with Gasteiger partial charge in [0.2, 0.25) is 5.91 Å². The molecule has 1 amide bonds. The number of hydrogen-bond donors (Lipinski definition) is 1. The molecule has 45 heteroatoms. The van der Waals surface area contributed by atoms with Crippen molar-refractivity contribution in [3.05, 3.63) is 29.8 Å². The summed E-state index contributed by atoms with van der Waals surface area (Å²) in [6, 6.07) is 4.27. The van der Waals surface area contributed by atoms with Crippen LogP contribution in [-0.2, 0) is 11.0 Å². The number of hydrogen-bond acceptors (Lipinski definition) is 1. The predicted octanol–water partition coefficient (Wildman–Crippen LogP) is -12.6. The SMILES string of the molecule is CC(=O)Nc1ccc(C(F)(F)F)cc1.[B]B([B])B([B])B(B([B])[B])B(B(B(B([B])[B])B([B])[B])B(B([B])[B])B([B])[B])B(B(B([B])[B])B([B])[B])B(B([B])[B])B([B])[B]. The minimum atomic E-state index is -4.34. The van der Waals surface area contributed by atoms with E-state index >= 15 is 0 Å². The molecule has 0 aliphatic heterocycles. The van der Waals surface area contributed by atoms with Crippen LogP contribution in [0.3, 0.4) is 0 Å². The van der Waals surface area contributed by atoms with Crippen LogP contribution in [0.1, 0.15) is 12.5 Å². The highest BCUT2D eigenvalue weighted by atomic mass is 19.4. The first kappa shape index (κ1) is 55.1. The maximum absolute atomic E-state index is 12.1. The van der Waals surface area contributed by atoms with Crippen LogP contribution in [0.4, 0.5) is 18.9 Å². The fourth-order valence-corrected chi connectivity index (χ4v) is 7.36. The van der Waals surface area contributed by atoms with Gasteiger partial charge in [0.05, 0.1) is 5.56 Å². The van der Waals surface area contributed by atoms with Crippen LogP contribution in [0.25, 0.3) is 0 Å². The van der Waals surface area contributed by atoms with Crippen LogP contribution in [0.15, 0.2) is 24.3 Å². The van der Waals surface area contributed by atoms with Gasteiger partial charge in [-0.2, -0.15) is 13.2 Å². The van der Waals surface area contributed by atoms with Crippen LogP contribution in [-0.4, -0.2) is 290 Å². The number of rotatable bonds is 19. The second-order valence-corrected chi connectivity index (χ2v) is 13.7. The molecule has 0 aromatic heterocycles. The quantitative estimate of drug-likeness (QED) is 0.151. The van der Waals surface area contributed by atoms with Crippen molar-refractivity contribution < 1.29 is 18.0 Å². The highest BCUT2D eigenvalue weighted by Gasteiger charge is 2.56. The Bertz CT molecular complexity index is 1080. The van der Waals surface area contributed by atoms with E-state index in [1.807, 2.05) is 0 Å². The maximum atomic E-state index is 12.1. The molecule has 196 valence electrons. The van der Waals surface area contributed by atoms with Gasteiger partial charge in [-0.3, -0.25) is 4.79 Å². The third-order valence-corrected chi connectivity index (χ3v) is 9.53. The normalized spacial score (nSPS) is 10.0. The van der Waals surface area contributed by atoms with Crippen LogP contribution in [0, 0.1) is 0 Å². The fraction of sp³-hybridized carbons (Fsp3) is 0.222. The average molecular weight is 636 g/mol. The first-order chi connectivity index (χ1) is 24.5. The van der Waals surface area contributed by atoms with Gasteiger partial charge in [-0.05, 0) is 24.3 Å². The van der Waals surface area contributed by atoms with E-state index in [-0.39, 0.29) is 5.91 Å². The van der Waals surface area contributed by atoms with Gasteiger partial charge in [0.1, 0.15) is 0 Å². The van der Waals surface area contributed by atoms with E-state index < -0.39 is 133 Å². The Morgan fingerprint density at radius 3 is 0.852 bits per heavy atom. The van der Waals surface area contributed by atoms with Crippen molar-refractivity contribution >= 4 is 295 Å². The van der Waals surface area contributed by atoms with Crippen molar-refractivity contribution in [2.45, 2.75) is 13.1 Å². The molecule has 0 spiro atoms. The molecule has 54 heavy (non-hydrogen) atoms. The van der Waals surface area contributed by atoms with Crippen molar-refractivity contribution in [3.63, 3.8) is 0 Å². The fourth-order valence-electron chi connectivity index (χ4n) is 7.36. The molecule has 0 saturated carbocycles. The number of carbonyl (C=O) groups excluding carboxylic acids is 1. The molecule has 2 nitrogen and oxygen atoms in total. The molecule has 0 unspecified atom stereocenters. The molecule has 1 aromatic rings. The average Bonchev–Trinajstić information content (AvgIpc) is 2.97. The molecule has 0 aliphatic rings. The summed E-state index contributed by atoms with van der Waals surface area (Å²) >= 11 is 0. The Balaban J connectivity index is 0.00000166. The molecular weight excluding hydrogens is 628 g/mol. The van der Waals surface area contributed by atoms with E-state index in [4.69, 9.17) is 162 Å². The predicted molar refractivity (Wildman–Crippen MR) is 276 cm³/mol. The van der Waals surface area contributed by atoms with E-state index in [1.54, 1.807) is 0 Å². The summed E-state index contributed by atoms with van der Waals surface area (Å²) in [4.78, 5) is 10.6. The summed E-state index contributed by atoms with van der Waals surface area (Å²) in [6.45, 7) is 1.29. The maximum Gasteiger partial charge on any atom is 0.416 e. The first-order valence-electron chi connectivity index (χ1n) is 16.8. The molecule has 0 saturated heterocycles. The molecule has 1 rings (SSSR count). The number of amides is 1. The molecule has 0 heterocycles. The highest BCUT2D eigenvalue weighted by Crippen LogP contribution is 2.29. The highest BCUT2D eigenvalue weighted by molar-refractivity contribution is 8.32. The summed E-state index contributed by atoms with van der Waals surface area (Å²) in [5.74, 6) is -0.315. The summed E-state index contributed by atoms with van der Waals surface area (Å²) < 4.78 is 36.3. The minimum absolute atomic E-state index is 0.315. The lowest BCUT2D eigenvalue weighted by Gasteiger charge is -2.54. The largest absolute Gasteiger partial charge is 0.416 e. The van der Waals surface area contributed by atoms with Crippen molar-refractivity contribution in [2.75, 3.05) is 5.32 Å². The lowest BCUT2D eigenvalue weighted by atomic mass is 8.27. The Hall–Kier alpha value is 1.08. The van der Waals surface area contributed by atoms with E-state index in [0.29, 0.717) is 5.69 Å². The minimum Gasteiger partial charge on any atom is -0.326 e. The van der Waals surface area contributed by atoms with Gasteiger partial charge in [0, 0.05) is 296 Å². The lowest BCUT2D eigenvalue weighted by molar-refractivity contribution is -0.137. The Kier molecular flexibility index (Phi) is 25.5. The molecular formula is C9H8B40F3NO. The molecule has 42 radical (unpaired) electrons. The third kappa shape index (κ3) is 16.6. The van der Waals surface area contributed by atoms with Gasteiger partial charge in [0.15, 0.2) is 0 Å². The van der Waals surface area contributed by atoms with Crippen LogP contribution in [0.5, 0.6) is 0 Å². The van der Waals surface area contributed by atoms with Gasteiger partial charge in [-0.1, -0.05) is 0 Å². The summed E-state index contributed by atoms with van der Waals surface area (Å²) in [5, 5.41) is 2.38.